The Morgan fingerprint density at radius 2 is 1.80 bits per heavy atom. The number of methoxy groups -OCH3 is 1. The molecule has 0 heterocycles. The molecule has 0 atom stereocenters. The van der Waals surface area contributed by atoms with E-state index in [1.807, 2.05) is 32.0 Å². The van der Waals surface area contributed by atoms with Crippen molar-refractivity contribution in [1.82, 2.24) is 0 Å². The molecule has 0 radical (unpaired) electrons. The van der Waals surface area contributed by atoms with Gasteiger partial charge in [-0.3, -0.25) is 4.79 Å². The van der Waals surface area contributed by atoms with Gasteiger partial charge in [0.25, 0.3) is 5.91 Å². The number of aryl methyl sites for hydroxylation is 2. The van der Waals surface area contributed by atoms with Crippen LogP contribution in [0.5, 0.6) is 5.75 Å². The maximum absolute atomic E-state index is 12.4. The Hall–Kier alpha value is -2.49. The Kier molecular flexibility index (Phi) is 3.94. The van der Waals surface area contributed by atoms with Gasteiger partial charge in [-0.2, -0.15) is 0 Å². The Labute approximate surface area is 118 Å². The molecule has 0 aliphatic carbocycles. The van der Waals surface area contributed by atoms with Gasteiger partial charge in [-0.05, 0) is 43.2 Å². The van der Waals surface area contributed by atoms with Gasteiger partial charge in [0.2, 0.25) is 0 Å². The van der Waals surface area contributed by atoms with E-state index in [1.165, 1.54) is 7.11 Å². The minimum atomic E-state index is -0.230. The number of amides is 1. The van der Waals surface area contributed by atoms with Crippen molar-refractivity contribution in [2.45, 2.75) is 13.8 Å². The molecule has 4 heteroatoms. The van der Waals surface area contributed by atoms with Crippen molar-refractivity contribution in [3.05, 3.63) is 53.1 Å². The summed E-state index contributed by atoms with van der Waals surface area (Å²) in [4.78, 5) is 12.4. The summed E-state index contributed by atoms with van der Waals surface area (Å²) >= 11 is 0. The number of hydrogen-bond acceptors (Lipinski definition) is 3. The summed E-state index contributed by atoms with van der Waals surface area (Å²) in [7, 11) is 1.53. The molecular formula is C16H18N2O2. The molecule has 0 aliphatic rings. The summed E-state index contributed by atoms with van der Waals surface area (Å²) < 4.78 is 5.20. The first-order valence-corrected chi connectivity index (χ1v) is 6.34. The predicted octanol–water partition coefficient (Wildman–Crippen LogP) is 3.15. The lowest BCUT2D eigenvalue weighted by Crippen LogP contribution is -2.15. The second kappa shape index (κ2) is 5.65. The molecule has 2 aromatic carbocycles. The fourth-order valence-electron chi connectivity index (χ4n) is 2.10. The Balaban J connectivity index is 2.35. The van der Waals surface area contributed by atoms with Crippen LogP contribution >= 0.6 is 0 Å². The van der Waals surface area contributed by atoms with Crippen molar-refractivity contribution in [3.63, 3.8) is 0 Å². The first-order chi connectivity index (χ1) is 9.52. The molecule has 104 valence electrons. The van der Waals surface area contributed by atoms with Gasteiger partial charge in [0.1, 0.15) is 5.75 Å². The lowest BCUT2D eigenvalue weighted by Gasteiger charge is -2.13. The SMILES string of the molecule is COc1ccc(N)cc1C(=O)Nc1c(C)cccc1C. The number of nitrogens with one attached hydrogen (secondary N) is 1. The molecule has 20 heavy (non-hydrogen) atoms. The lowest BCUT2D eigenvalue weighted by molar-refractivity contribution is 0.102. The average Bonchev–Trinajstić information content (AvgIpc) is 2.43. The van der Waals surface area contributed by atoms with Gasteiger partial charge in [0.05, 0.1) is 12.7 Å². The van der Waals surface area contributed by atoms with Crippen molar-refractivity contribution in [2.24, 2.45) is 0 Å². The Morgan fingerprint density at radius 1 is 1.15 bits per heavy atom. The molecule has 2 aromatic rings. The Morgan fingerprint density at radius 3 is 2.40 bits per heavy atom. The third kappa shape index (κ3) is 2.74. The summed E-state index contributed by atoms with van der Waals surface area (Å²) in [6.07, 6.45) is 0. The van der Waals surface area contributed by atoms with Crippen LogP contribution in [0.25, 0.3) is 0 Å². The number of anilines is 2. The van der Waals surface area contributed by atoms with Crippen LogP contribution in [-0.4, -0.2) is 13.0 Å². The van der Waals surface area contributed by atoms with Crippen LogP contribution in [0.3, 0.4) is 0 Å². The van der Waals surface area contributed by atoms with E-state index >= 15 is 0 Å². The maximum atomic E-state index is 12.4. The molecule has 0 aromatic heterocycles. The molecule has 0 unspecified atom stereocenters. The van der Waals surface area contributed by atoms with Crippen molar-refractivity contribution in [1.29, 1.82) is 0 Å². The third-order valence-electron chi connectivity index (χ3n) is 3.19. The number of nitrogen functional groups attached to an aromatic ring is 1. The van der Waals surface area contributed by atoms with Gasteiger partial charge in [-0.25, -0.2) is 0 Å². The molecule has 0 saturated heterocycles. The van der Waals surface area contributed by atoms with Gasteiger partial charge < -0.3 is 15.8 Å². The number of carbonyl (C=O) groups excluding carboxylic acids is 1. The normalized spacial score (nSPS) is 10.2. The van der Waals surface area contributed by atoms with E-state index in [-0.39, 0.29) is 5.91 Å². The molecular weight excluding hydrogens is 252 g/mol. The van der Waals surface area contributed by atoms with Crippen LogP contribution < -0.4 is 15.8 Å². The molecule has 3 N–H and O–H groups in total. The minimum absolute atomic E-state index is 0.230. The van der Waals surface area contributed by atoms with Crippen LogP contribution in [0, 0.1) is 13.8 Å². The standard InChI is InChI=1S/C16H18N2O2/c1-10-5-4-6-11(2)15(10)18-16(19)13-9-12(17)7-8-14(13)20-3/h4-9H,17H2,1-3H3,(H,18,19). The average molecular weight is 270 g/mol. The van der Waals surface area contributed by atoms with Crippen LogP contribution in [0.1, 0.15) is 21.5 Å². The molecule has 0 bridgehead atoms. The Bertz CT molecular complexity index is 631. The van der Waals surface area contributed by atoms with Crippen molar-refractivity contribution < 1.29 is 9.53 Å². The summed E-state index contributed by atoms with van der Waals surface area (Å²) in [6.45, 7) is 3.92. The number of ether oxygens (including phenoxy) is 1. The molecule has 0 saturated carbocycles. The van der Waals surface area contributed by atoms with Crippen molar-refractivity contribution >= 4 is 17.3 Å². The number of para-hydroxylation sites is 1. The quantitative estimate of drug-likeness (QED) is 0.842. The molecule has 1 amide bonds. The van der Waals surface area contributed by atoms with Gasteiger partial charge >= 0.3 is 0 Å². The topological polar surface area (TPSA) is 64.3 Å². The zero-order valence-corrected chi connectivity index (χ0v) is 11.9. The van der Waals surface area contributed by atoms with E-state index in [2.05, 4.69) is 5.32 Å². The van der Waals surface area contributed by atoms with Crippen LogP contribution in [0.4, 0.5) is 11.4 Å². The minimum Gasteiger partial charge on any atom is -0.496 e. The smallest absolute Gasteiger partial charge is 0.259 e. The number of nitrogens with two attached hydrogens (primary N) is 1. The second-order valence-corrected chi connectivity index (χ2v) is 4.68. The number of benzene rings is 2. The summed E-state index contributed by atoms with van der Waals surface area (Å²) in [5.41, 5.74) is 9.54. The van der Waals surface area contributed by atoms with E-state index in [4.69, 9.17) is 10.5 Å². The highest BCUT2D eigenvalue weighted by Crippen LogP contribution is 2.25. The van der Waals surface area contributed by atoms with E-state index in [1.54, 1.807) is 18.2 Å². The highest BCUT2D eigenvalue weighted by Gasteiger charge is 2.14. The highest BCUT2D eigenvalue weighted by molar-refractivity contribution is 6.07. The van der Waals surface area contributed by atoms with Crippen molar-refractivity contribution in [3.8, 4) is 5.75 Å². The summed E-state index contributed by atoms with van der Waals surface area (Å²) in [6, 6.07) is 10.9. The second-order valence-electron chi connectivity index (χ2n) is 4.68. The number of rotatable bonds is 3. The van der Waals surface area contributed by atoms with E-state index in [0.717, 1.165) is 16.8 Å². The van der Waals surface area contributed by atoms with E-state index in [9.17, 15) is 4.79 Å². The van der Waals surface area contributed by atoms with Crippen molar-refractivity contribution in [2.75, 3.05) is 18.2 Å². The van der Waals surface area contributed by atoms with Gasteiger partial charge in [-0.1, -0.05) is 18.2 Å². The van der Waals surface area contributed by atoms with Gasteiger partial charge in [-0.15, -0.1) is 0 Å². The first-order valence-electron chi connectivity index (χ1n) is 6.34. The fourth-order valence-corrected chi connectivity index (χ4v) is 2.10. The van der Waals surface area contributed by atoms with Crippen LogP contribution in [0.2, 0.25) is 0 Å². The summed E-state index contributed by atoms with van der Waals surface area (Å²) in [5.74, 6) is 0.273. The highest BCUT2D eigenvalue weighted by atomic mass is 16.5. The summed E-state index contributed by atoms with van der Waals surface area (Å²) in [5, 5.41) is 2.92. The molecule has 2 rings (SSSR count). The zero-order valence-electron chi connectivity index (χ0n) is 11.9. The van der Waals surface area contributed by atoms with Crippen LogP contribution in [0.15, 0.2) is 36.4 Å². The fraction of sp³-hybridized carbons (Fsp3) is 0.188. The molecule has 0 aliphatic heterocycles. The lowest BCUT2D eigenvalue weighted by atomic mass is 10.1. The first kappa shape index (κ1) is 13.9. The predicted molar refractivity (Wildman–Crippen MR) is 81.3 cm³/mol. The largest absolute Gasteiger partial charge is 0.496 e. The molecule has 4 nitrogen and oxygen atoms in total. The monoisotopic (exact) mass is 270 g/mol. The third-order valence-corrected chi connectivity index (χ3v) is 3.19. The maximum Gasteiger partial charge on any atom is 0.259 e. The van der Waals surface area contributed by atoms with Gasteiger partial charge in [0.15, 0.2) is 0 Å². The van der Waals surface area contributed by atoms with Crippen LogP contribution in [-0.2, 0) is 0 Å². The molecule has 0 fully saturated rings. The van der Waals surface area contributed by atoms with E-state index in [0.29, 0.717) is 17.0 Å². The van der Waals surface area contributed by atoms with E-state index < -0.39 is 0 Å². The van der Waals surface area contributed by atoms with Gasteiger partial charge in [0, 0.05) is 11.4 Å². The zero-order chi connectivity index (χ0) is 14.7. The number of carbonyl (C=O) groups is 1. The molecule has 0 spiro atoms. The number of hydrogen-bond donors (Lipinski definition) is 2.